The lowest BCUT2D eigenvalue weighted by Gasteiger charge is -2.10. The topological polar surface area (TPSA) is 84.3 Å². The van der Waals surface area contributed by atoms with Crippen LogP contribution in [0.3, 0.4) is 0 Å². The number of nitrogens with zero attached hydrogens (tertiary/aromatic N) is 2. The maximum absolute atomic E-state index is 10.6. The first-order valence-corrected chi connectivity index (χ1v) is 7.70. The number of aromatic nitrogens is 2. The maximum atomic E-state index is 10.6. The monoisotopic (exact) mass is 399 g/mol. The number of benzene rings is 1. The standard InChI is InChI=1S/C15H12ClN3O.C2HF3O2/c1-20-13-9-11(4-5-12(13)16)19-15-14-10(6-8-18-15)3-2-7-17-14;3-2(4,5)1(6)7/h2-9H,1H3,(H,18,19);(H,6,7). The average Bonchev–Trinajstić information content (AvgIpc) is 2.63. The molecule has 0 atom stereocenters. The zero-order valence-electron chi connectivity index (χ0n) is 13.8. The molecule has 0 radical (unpaired) electrons. The predicted octanol–water partition coefficient (Wildman–Crippen LogP) is 4.67. The van der Waals surface area contributed by atoms with Gasteiger partial charge in [0.1, 0.15) is 11.3 Å². The number of hydrogen-bond donors (Lipinski definition) is 2. The van der Waals surface area contributed by atoms with Gasteiger partial charge in [-0.1, -0.05) is 17.7 Å². The Morgan fingerprint density at radius 3 is 2.52 bits per heavy atom. The lowest BCUT2D eigenvalue weighted by molar-refractivity contribution is -0.192. The molecule has 2 N–H and O–H groups in total. The molecule has 2 aromatic heterocycles. The first-order chi connectivity index (χ1) is 12.7. The largest absolute Gasteiger partial charge is 0.495 e. The van der Waals surface area contributed by atoms with Crippen molar-refractivity contribution < 1.29 is 27.8 Å². The van der Waals surface area contributed by atoms with Gasteiger partial charge in [0.2, 0.25) is 0 Å². The minimum atomic E-state index is -5.08. The second-order valence-corrected chi connectivity index (χ2v) is 5.42. The summed E-state index contributed by atoms with van der Waals surface area (Å²) in [6.07, 6.45) is -1.59. The van der Waals surface area contributed by atoms with Gasteiger partial charge in [-0.15, -0.1) is 0 Å². The van der Waals surface area contributed by atoms with E-state index < -0.39 is 12.1 Å². The van der Waals surface area contributed by atoms with Gasteiger partial charge in [0.05, 0.1) is 12.1 Å². The summed E-state index contributed by atoms with van der Waals surface area (Å²) in [7, 11) is 1.59. The number of ether oxygens (including phenoxy) is 1. The number of alkyl halides is 3. The number of rotatable bonds is 3. The maximum Gasteiger partial charge on any atom is 0.490 e. The van der Waals surface area contributed by atoms with Crippen molar-refractivity contribution in [3.8, 4) is 5.75 Å². The molecule has 0 aliphatic carbocycles. The van der Waals surface area contributed by atoms with Gasteiger partial charge in [0.25, 0.3) is 0 Å². The highest BCUT2D eigenvalue weighted by Gasteiger charge is 2.38. The molecular weight excluding hydrogens is 387 g/mol. The molecule has 0 aliphatic heterocycles. The molecule has 10 heteroatoms. The first-order valence-electron chi connectivity index (χ1n) is 7.33. The van der Waals surface area contributed by atoms with Crippen LogP contribution < -0.4 is 10.1 Å². The summed E-state index contributed by atoms with van der Waals surface area (Å²) >= 11 is 6.01. The van der Waals surface area contributed by atoms with Crippen LogP contribution in [0, 0.1) is 0 Å². The van der Waals surface area contributed by atoms with E-state index in [1.165, 1.54) is 0 Å². The van der Waals surface area contributed by atoms with Crippen molar-refractivity contribution in [3.05, 3.63) is 53.8 Å². The number of halogens is 4. The van der Waals surface area contributed by atoms with Crippen LogP contribution in [0.25, 0.3) is 10.9 Å². The highest BCUT2D eigenvalue weighted by Crippen LogP contribution is 2.29. The lowest BCUT2D eigenvalue weighted by atomic mass is 10.2. The van der Waals surface area contributed by atoms with Crippen molar-refractivity contribution in [2.24, 2.45) is 0 Å². The normalized spacial score (nSPS) is 10.7. The van der Waals surface area contributed by atoms with E-state index in [1.54, 1.807) is 25.6 Å². The highest BCUT2D eigenvalue weighted by atomic mass is 35.5. The minimum absolute atomic E-state index is 0.571. The van der Waals surface area contributed by atoms with E-state index in [4.69, 9.17) is 26.2 Å². The molecule has 3 rings (SSSR count). The van der Waals surface area contributed by atoms with Crippen LogP contribution in [0.5, 0.6) is 5.75 Å². The zero-order valence-corrected chi connectivity index (χ0v) is 14.5. The van der Waals surface area contributed by atoms with Gasteiger partial charge >= 0.3 is 12.1 Å². The lowest BCUT2D eigenvalue weighted by Crippen LogP contribution is -2.21. The van der Waals surface area contributed by atoms with Crippen LogP contribution in [-0.4, -0.2) is 34.3 Å². The van der Waals surface area contributed by atoms with Gasteiger partial charge in [0, 0.05) is 29.5 Å². The molecule has 6 nitrogen and oxygen atoms in total. The van der Waals surface area contributed by atoms with E-state index in [1.807, 2.05) is 30.3 Å². The number of nitrogens with one attached hydrogen (secondary N) is 1. The fourth-order valence-electron chi connectivity index (χ4n) is 1.97. The summed E-state index contributed by atoms with van der Waals surface area (Å²) in [5, 5.41) is 12.0. The molecule has 0 unspecified atom stereocenters. The van der Waals surface area contributed by atoms with Crippen molar-refractivity contribution in [1.29, 1.82) is 0 Å². The molecule has 27 heavy (non-hydrogen) atoms. The summed E-state index contributed by atoms with van der Waals surface area (Å²) in [5.41, 5.74) is 1.67. The van der Waals surface area contributed by atoms with Crippen molar-refractivity contribution >= 4 is 40.0 Å². The number of methoxy groups -OCH3 is 1. The van der Waals surface area contributed by atoms with Crippen LogP contribution in [0.2, 0.25) is 5.02 Å². The summed E-state index contributed by atoms with van der Waals surface area (Å²) in [4.78, 5) is 17.6. The van der Waals surface area contributed by atoms with Crippen LogP contribution in [-0.2, 0) is 4.79 Å². The van der Waals surface area contributed by atoms with Crippen LogP contribution in [0.4, 0.5) is 24.7 Å². The Balaban J connectivity index is 0.000000321. The Bertz CT molecular complexity index is 946. The molecule has 2 heterocycles. The number of carboxylic acids is 1. The van der Waals surface area contributed by atoms with Crippen molar-refractivity contribution in [3.63, 3.8) is 0 Å². The third-order valence-electron chi connectivity index (χ3n) is 3.18. The SMILES string of the molecule is COc1cc(Nc2nccc3cccnc23)ccc1Cl.O=C(O)C(F)(F)F. The van der Waals surface area contributed by atoms with Gasteiger partial charge in [-0.25, -0.2) is 9.78 Å². The fourth-order valence-corrected chi connectivity index (χ4v) is 2.16. The molecule has 0 fully saturated rings. The van der Waals surface area contributed by atoms with Gasteiger partial charge in [0.15, 0.2) is 5.82 Å². The number of carbonyl (C=O) groups is 1. The number of anilines is 2. The number of carboxylic acid groups (broad SMARTS) is 1. The molecule has 142 valence electrons. The average molecular weight is 400 g/mol. The smallest absolute Gasteiger partial charge is 0.490 e. The summed E-state index contributed by atoms with van der Waals surface area (Å²) < 4.78 is 36.9. The van der Waals surface area contributed by atoms with Gasteiger partial charge in [-0.05, 0) is 24.3 Å². The second-order valence-electron chi connectivity index (χ2n) is 5.01. The second kappa shape index (κ2) is 8.54. The molecule has 1 aromatic carbocycles. The minimum Gasteiger partial charge on any atom is -0.495 e. The predicted molar refractivity (Wildman–Crippen MR) is 94.5 cm³/mol. The van der Waals surface area contributed by atoms with E-state index >= 15 is 0 Å². The highest BCUT2D eigenvalue weighted by molar-refractivity contribution is 6.32. The van der Waals surface area contributed by atoms with Crippen LogP contribution in [0.15, 0.2) is 48.8 Å². The Morgan fingerprint density at radius 2 is 1.89 bits per heavy atom. The van der Waals surface area contributed by atoms with Crippen LogP contribution >= 0.6 is 11.6 Å². The van der Waals surface area contributed by atoms with E-state index in [0.29, 0.717) is 16.6 Å². The molecule has 0 bridgehead atoms. The van der Waals surface area contributed by atoms with Gasteiger partial charge in [-0.2, -0.15) is 13.2 Å². The Kier molecular flexibility index (Phi) is 6.40. The van der Waals surface area contributed by atoms with Crippen molar-refractivity contribution in [1.82, 2.24) is 9.97 Å². The third-order valence-corrected chi connectivity index (χ3v) is 3.49. The molecule has 0 spiro atoms. The zero-order chi connectivity index (χ0) is 20.0. The Morgan fingerprint density at radius 1 is 1.19 bits per heavy atom. The van der Waals surface area contributed by atoms with E-state index in [9.17, 15) is 13.2 Å². The molecule has 0 amide bonds. The Labute approximate surface area is 156 Å². The summed E-state index contributed by atoms with van der Waals surface area (Å²) in [6, 6.07) is 11.3. The molecular formula is C17H13ClF3N3O3. The summed E-state index contributed by atoms with van der Waals surface area (Å²) in [5.74, 6) is -1.44. The van der Waals surface area contributed by atoms with E-state index in [-0.39, 0.29) is 0 Å². The third kappa shape index (κ3) is 5.45. The van der Waals surface area contributed by atoms with Crippen molar-refractivity contribution in [2.75, 3.05) is 12.4 Å². The van der Waals surface area contributed by atoms with Crippen LogP contribution in [0.1, 0.15) is 0 Å². The quantitative estimate of drug-likeness (QED) is 0.666. The number of fused-ring (bicyclic) bond motifs is 1. The van der Waals surface area contributed by atoms with E-state index in [0.717, 1.165) is 16.6 Å². The number of hydrogen-bond acceptors (Lipinski definition) is 5. The summed E-state index contributed by atoms with van der Waals surface area (Å²) in [6.45, 7) is 0. The number of pyridine rings is 2. The molecule has 0 aliphatic rings. The number of aliphatic carboxylic acids is 1. The molecule has 0 saturated carbocycles. The van der Waals surface area contributed by atoms with Gasteiger partial charge in [-0.3, -0.25) is 4.98 Å². The molecule has 0 saturated heterocycles. The van der Waals surface area contributed by atoms with Crippen molar-refractivity contribution in [2.45, 2.75) is 6.18 Å². The molecule has 3 aromatic rings. The fraction of sp³-hybridized carbons (Fsp3) is 0.118. The Hall–Kier alpha value is -3.07. The van der Waals surface area contributed by atoms with Gasteiger partial charge < -0.3 is 15.2 Å². The van der Waals surface area contributed by atoms with E-state index in [2.05, 4.69) is 15.3 Å². The first kappa shape index (κ1) is 20.2.